The van der Waals surface area contributed by atoms with E-state index in [2.05, 4.69) is 21.8 Å². The first-order chi connectivity index (χ1) is 14.1. The van der Waals surface area contributed by atoms with Crippen molar-refractivity contribution < 1.29 is 13.2 Å². The number of rotatable bonds is 9. The summed E-state index contributed by atoms with van der Waals surface area (Å²) in [7, 11) is -1.63. The quantitative estimate of drug-likeness (QED) is 0.682. The molecule has 1 fully saturated rings. The number of ether oxygens (including phenoxy) is 1. The van der Waals surface area contributed by atoms with Crippen LogP contribution in [0.3, 0.4) is 0 Å². The number of hydrogen-bond acceptors (Lipinski definition) is 4. The van der Waals surface area contributed by atoms with Crippen molar-refractivity contribution in [3.05, 3.63) is 71.8 Å². The fourth-order valence-corrected chi connectivity index (χ4v) is 4.93. The molecule has 0 spiro atoms. The molecule has 1 aliphatic heterocycles. The fourth-order valence-electron chi connectivity index (χ4n) is 3.71. The Balaban J connectivity index is 1.47. The maximum Gasteiger partial charge on any atom is 0.215 e. The summed E-state index contributed by atoms with van der Waals surface area (Å²) in [4.78, 5) is 2.38. The van der Waals surface area contributed by atoms with E-state index >= 15 is 0 Å². The fraction of sp³-hybridized carbons (Fsp3) is 0.391. The number of nitrogens with one attached hydrogen (secondary N) is 1. The Labute approximate surface area is 174 Å². The second-order valence-corrected chi connectivity index (χ2v) is 9.31. The number of methoxy groups -OCH3 is 1. The van der Waals surface area contributed by atoms with E-state index in [9.17, 15) is 8.42 Å². The standard InChI is InChI=1S/C23H30N2O3S/c1-28-23-14-6-5-12-22(23)13-8-16-25-15-7-11-21(18-25)17-24-29(26,27)19-20-9-3-2-4-10-20/h2-6,8-10,12-14,21,24H,7,11,15-19H2,1H3/b13-8+/t21-/m0/s1. The molecule has 0 unspecified atom stereocenters. The van der Waals surface area contributed by atoms with Gasteiger partial charge >= 0.3 is 0 Å². The maximum atomic E-state index is 12.4. The van der Waals surface area contributed by atoms with Gasteiger partial charge in [-0.25, -0.2) is 13.1 Å². The van der Waals surface area contributed by atoms with Crippen LogP contribution in [-0.2, 0) is 15.8 Å². The van der Waals surface area contributed by atoms with Gasteiger partial charge in [-0.2, -0.15) is 0 Å². The van der Waals surface area contributed by atoms with E-state index in [1.807, 2.05) is 54.6 Å². The lowest BCUT2D eigenvalue weighted by Crippen LogP contribution is -2.41. The van der Waals surface area contributed by atoms with Gasteiger partial charge in [0.1, 0.15) is 5.75 Å². The highest BCUT2D eigenvalue weighted by atomic mass is 32.2. The molecule has 1 saturated heterocycles. The van der Waals surface area contributed by atoms with Crippen LogP contribution in [0.1, 0.15) is 24.0 Å². The molecule has 29 heavy (non-hydrogen) atoms. The lowest BCUT2D eigenvalue weighted by Gasteiger charge is -2.32. The smallest absolute Gasteiger partial charge is 0.215 e. The maximum absolute atomic E-state index is 12.4. The highest BCUT2D eigenvalue weighted by Crippen LogP contribution is 2.20. The molecule has 6 heteroatoms. The first kappa shape index (κ1) is 21.6. The molecule has 0 radical (unpaired) electrons. The number of para-hydroxylation sites is 1. The Bertz CT molecular complexity index is 897. The van der Waals surface area contributed by atoms with Crippen LogP contribution in [0.2, 0.25) is 0 Å². The normalized spacial score (nSPS) is 18.2. The molecular formula is C23H30N2O3S. The second-order valence-electron chi connectivity index (χ2n) is 7.51. The summed E-state index contributed by atoms with van der Waals surface area (Å²) in [6.45, 7) is 3.31. The van der Waals surface area contributed by atoms with Crippen LogP contribution in [0.25, 0.3) is 6.08 Å². The van der Waals surface area contributed by atoms with Crippen LogP contribution < -0.4 is 9.46 Å². The topological polar surface area (TPSA) is 58.6 Å². The van der Waals surface area contributed by atoms with Gasteiger partial charge in [0.15, 0.2) is 0 Å². The summed E-state index contributed by atoms with van der Waals surface area (Å²) in [6, 6.07) is 17.3. The average Bonchev–Trinajstić information content (AvgIpc) is 2.73. The van der Waals surface area contributed by atoms with E-state index in [1.54, 1.807) is 7.11 Å². The van der Waals surface area contributed by atoms with Gasteiger partial charge in [0, 0.05) is 25.2 Å². The van der Waals surface area contributed by atoms with Gasteiger partial charge in [0.05, 0.1) is 12.9 Å². The van der Waals surface area contributed by atoms with Gasteiger partial charge in [0.25, 0.3) is 0 Å². The van der Waals surface area contributed by atoms with Gasteiger partial charge < -0.3 is 4.74 Å². The van der Waals surface area contributed by atoms with E-state index in [0.717, 1.165) is 49.4 Å². The molecule has 2 aromatic rings. The monoisotopic (exact) mass is 414 g/mol. The van der Waals surface area contributed by atoms with Crippen LogP contribution in [0.4, 0.5) is 0 Å². The van der Waals surface area contributed by atoms with Gasteiger partial charge in [-0.05, 0) is 36.9 Å². The zero-order valence-corrected chi connectivity index (χ0v) is 17.8. The Hall–Kier alpha value is -2.15. The zero-order chi connectivity index (χ0) is 20.5. The van der Waals surface area contributed by atoms with Crippen molar-refractivity contribution in [1.82, 2.24) is 9.62 Å². The molecule has 5 nitrogen and oxygen atoms in total. The molecule has 3 rings (SSSR count). The van der Waals surface area contributed by atoms with Crippen molar-refractivity contribution >= 4 is 16.1 Å². The molecule has 0 amide bonds. The Morgan fingerprint density at radius 2 is 1.90 bits per heavy atom. The van der Waals surface area contributed by atoms with Gasteiger partial charge in [0.2, 0.25) is 10.0 Å². The number of nitrogens with zero attached hydrogens (tertiary/aromatic N) is 1. The summed E-state index contributed by atoms with van der Waals surface area (Å²) >= 11 is 0. The van der Waals surface area contributed by atoms with E-state index < -0.39 is 10.0 Å². The first-order valence-electron chi connectivity index (χ1n) is 10.1. The Kier molecular flexibility index (Phi) is 7.86. The second kappa shape index (κ2) is 10.6. The largest absolute Gasteiger partial charge is 0.496 e. The lowest BCUT2D eigenvalue weighted by molar-refractivity contribution is 0.192. The average molecular weight is 415 g/mol. The lowest BCUT2D eigenvalue weighted by atomic mass is 9.98. The predicted molar refractivity (Wildman–Crippen MR) is 118 cm³/mol. The number of likely N-dealkylation sites (tertiary alicyclic amines) is 1. The number of piperidine rings is 1. The van der Waals surface area contributed by atoms with E-state index in [-0.39, 0.29) is 5.75 Å². The van der Waals surface area contributed by atoms with E-state index in [4.69, 9.17) is 4.74 Å². The molecule has 0 saturated carbocycles. The first-order valence-corrected chi connectivity index (χ1v) is 11.7. The predicted octanol–water partition coefficient (Wildman–Crippen LogP) is 3.54. The molecule has 156 valence electrons. The summed E-state index contributed by atoms with van der Waals surface area (Å²) in [5, 5.41) is 0. The summed E-state index contributed by atoms with van der Waals surface area (Å²) in [5.74, 6) is 1.24. The summed E-state index contributed by atoms with van der Waals surface area (Å²) < 4.78 is 32.9. The van der Waals surface area contributed by atoms with Gasteiger partial charge in [-0.15, -0.1) is 0 Å². The molecule has 2 aromatic carbocycles. The van der Waals surface area contributed by atoms with Crippen LogP contribution in [0, 0.1) is 5.92 Å². The number of sulfonamides is 1. The minimum Gasteiger partial charge on any atom is -0.496 e. The van der Waals surface area contributed by atoms with Crippen molar-refractivity contribution in [3.63, 3.8) is 0 Å². The number of benzene rings is 2. The third-order valence-corrected chi connectivity index (χ3v) is 6.51. The zero-order valence-electron chi connectivity index (χ0n) is 17.0. The van der Waals surface area contributed by atoms with Crippen LogP contribution >= 0.6 is 0 Å². The van der Waals surface area contributed by atoms with Crippen molar-refractivity contribution in [3.8, 4) is 5.75 Å². The van der Waals surface area contributed by atoms with E-state index in [1.165, 1.54) is 0 Å². The minimum atomic E-state index is -3.31. The van der Waals surface area contributed by atoms with Gasteiger partial charge in [-0.1, -0.05) is 60.7 Å². The van der Waals surface area contributed by atoms with Crippen molar-refractivity contribution in [1.29, 1.82) is 0 Å². The van der Waals surface area contributed by atoms with Crippen molar-refractivity contribution in [2.75, 3.05) is 33.3 Å². The molecule has 0 aromatic heterocycles. The summed E-state index contributed by atoms with van der Waals surface area (Å²) in [6.07, 6.45) is 6.39. The third kappa shape index (κ3) is 6.99. The van der Waals surface area contributed by atoms with Crippen molar-refractivity contribution in [2.24, 2.45) is 5.92 Å². The van der Waals surface area contributed by atoms with E-state index in [0.29, 0.717) is 12.5 Å². The molecule has 1 heterocycles. The highest BCUT2D eigenvalue weighted by molar-refractivity contribution is 7.88. The number of hydrogen-bond donors (Lipinski definition) is 1. The molecule has 1 atom stereocenters. The Morgan fingerprint density at radius 3 is 2.69 bits per heavy atom. The van der Waals surface area contributed by atoms with Crippen LogP contribution in [0.5, 0.6) is 5.75 Å². The molecule has 0 bridgehead atoms. The van der Waals surface area contributed by atoms with Crippen molar-refractivity contribution in [2.45, 2.75) is 18.6 Å². The SMILES string of the molecule is COc1ccccc1/C=C/CN1CCC[C@@H](CNS(=O)(=O)Cc2ccccc2)C1. The molecular weight excluding hydrogens is 384 g/mol. The van der Waals surface area contributed by atoms with Crippen LogP contribution in [0.15, 0.2) is 60.7 Å². The molecule has 1 N–H and O–H groups in total. The van der Waals surface area contributed by atoms with Crippen LogP contribution in [-0.4, -0.2) is 46.6 Å². The highest BCUT2D eigenvalue weighted by Gasteiger charge is 2.21. The van der Waals surface area contributed by atoms with Gasteiger partial charge in [-0.3, -0.25) is 4.90 Å². The Morgan fingerprint density at radius 1 is 1.14 bits per heavy atom. The third-order valence-electron chi connectivity index (χ3n) is 5.19. The minimum absolute atomic E-state index is 0.0337. The molecule has 0 aliphatic carbocycles. The summed E-state index contributed by atoms with van der Waals surface area (Å²) in [5.41, 5.74) is 1.88. The molecule has 1 aliphatic rings.